The van der Waals surface area contributed by atoms with E-state index in [1.165, 1.54) is 17.4 Å². The van der Waals surface area contributed by atoms with Crippen LogP contribution in [0.3, 0.4) is 0 Å². The van der Waals surface area contributed by atoms with E-state index in [0.717, 1.165) is 29.9 Å². The summed E-state index contributed by atoms with van der Waals surface area (Å²) in [5.74, 6) is -1.55. The number of carbonyl (C=O) groups excluding carboxylic acids is 1. The van der Waals surface area contributed by atoms with E-state index in [0.29, 0.717) is 11.4 Å². The summed E-state index contributed by atoms with van der Waals surface area (Å²) in [4.78, 5) is 14.8. The third-order valence-electron chi connectivity index (χ3n) is 4.00. The van der Waals surface area contributed by atoms with E-state index in [1.54, 1.807) is 29.6 Å². The van der Waals surface area contributed by atoms with E-state index < -0.39 is 11.6 Å². The Kier molecular flexibility index (Phi) is 5.85. The molecule has 0 unspecified atom stereocenters. The summed E-state index contributed by atoms with van der Waals surface area (Å²) in [5, 5.41) is 5.99. The molecular formula is C19H19F2N3O2S. The molecule has 0 spiro atoms. The molecule has 0 fully saturated rings. The average Bonchev–Trinajstić information content (AvgIpc) is 3.29. The first kappa shape index (κ1) is 19.0. The standard InChI is InChI=1S/C19H19F2N3O2S/c1-3-24-15(6-7-22-24)10-23(2)19(25)18-8-13(12-27-18)11-26-17-5-4-14(20)9-16(17)21/h4-9,12H,3,10-11H2,1-2H3. The minimum Gasteiger partial charge on any atom is -0.486 e. The van der Waals surface area contributed by atoms with Crippen LogP contribution >= 0.6 is 11.3 Å². The fourth-order valence-corrected chi connectivity index (χ4v) is 3.49. The van der Waals surface area contributed by atoms with Crippen LogP contribution in [0.15, 0.2) is 41.9 Å². The fourth-order valence-electron chi connectivity index (χ4n) is 2.60. The number of rotatable bonds is 7. The smallest absolute Gasteiger partial charge is 0.264 e. The van der Waals surface area contributed by atoms with Crippen LogP contribution in [0.2, 0.25) is 0 Å². The Hall–Kier alpha value is -2.74. The maximum absolute atomic E-state index is 13.6. The van der Waals surface area contributed by atoms with Crippen LogP contribution in [0.4, 0.5) is 8.78 Å². The van der Waals surface area contributed by atoms with Gasteiger partial charge in [0, 0.05) is 31.4 Å². The summed E-state index contributed by atoms with van der Waals surface area (Å²) in [7, 11) is 1.74. The van der Waals surface area contributed by atoms with Crippen LogP contribution in [-0.2, 0) is 19.7 Å². The van der Waals surface area contributed by atoms with E-state index in [2.05, 4.69) is 5.10 Å². The number of benzene rings is 1. The van der Waals surface area contributed by atoms with Gasteiger partial charge in [-0.15, -0.1) is 11.3 Å². The van der Waals surface area contributed by atoms with Crippen LogP contribution in [0.5, 0.6) is 5.75 Å². The van der Waals surface area contributed by atoms with Crippen molar-refractivity contribution in [1.29, 1.82) is 0 Å². The van der Waals surface area contributed by atoms with Gasteiger partial charge in [-0.3, -0.25) is 9.48 Å². The molecule has 0 N–H and O–H groups in total. The van der Waals surface area contributed by atoms with Gasteiger partial charge in [-0.2, -0.15) is 5.10 Å². The van der Waals surface area contributed by atoms with Crippen molar-refractivity contribution in [2.24, 2.45) is 0 Å². The summed E-state index contributed by atoms with van der Waals surface area (Å²) in [6, 6.07) is 6.76. The predicted molar refractivity (Wildman–Crippen MR) is 98.7 cm³/mol. The van der Waals surface area contributed by atoms with Crippen molar-refractivity contribution in [2.75, 3.05) is 7.05 Å². The number of ether oxygens (including phenoxy) is 1. The molecule has 0 radical (unpaired) electrons. The molecule has 1 amide bonds. The van der Waals surface area contributed by atoms with E-state index in [9.17, 15) is 13.6 Å². The highest BCUT2D eigenvalue weighted by atomic mass is 32.1. The molecule has 5 nitrogen and oxygen atoms in total. The molecule has 0 aliphatic heterocycles. The minimum atomic E-state index is -0.756. The number of hydrogen-bond donors (Lipinski definition) is 0. The Morgan fingerprint density at radius 1 is 1.30 bits per heavy atom. The molecule has 0 saturated carbocycles. The Morgan fingerprint density at radius 2 is 2.11 bits per heavy atom. The van der Waals surface area contributed by atoms with Crippen molar-refractivity contribution in [2.45, 2.75) is 26.6 Å². The molecule has 27 heavy (non-hydrogen) atoms. The van der Waals surface area contributed by atoms with E-state index in [4.69, 9.17) is 4.74 Å². The molecule has 2 aromatic heterocycles. The normalized spacial score (nSPS) is 10.8. The molecule has 0 saturated heterocycles. The number of nitrogens with zero attached hydrogens (tertiary/aromatic N) is 3. The molecule has 0 bridgehead atoms. The lowest BCUT2D eigenvalue weighted by Gasteiger charge is -2.16. The highest BCUT2D eigenvalue weighted by molar-refractivity contribution is 7.12. The van der Waals surface area contributed by atoms with Crippen molar-refractivity contribution < 1.29 is 18.3 Å². The second-order valence-corrected chi connectivity index (χ2v) is 6.89. The average molecular weight is 391 g/mol. The zero-order valence-electron chi connectivity index (χ0n) is 15.0. The van der Waals surface area contributed by atoms with Gasteiger partial charge < -0.3 is 9.64 Å². The summed E-state index contributed by atoms with van der Waals surface area (Å²) >= 11 is 1.30. The Morgan fingerprint density at radius 3 is 2.85 bits per heavy atom. The van der Waals surface area contributed by atoms with Crippen LogP contribution in [0.1, 0.15) is 27.9 Å². The number of aromatic nitrogens is 2. The van der Waals surface area contributed by atoms with Crippen LogP contribution in [0.25, 0.3) is 0 Å². The van der Waals surface area contributed by atoms with Gasteiger partial charge >= 0.3 is 0 Å². The first-order valence-electron chi connectivity index (χ1n) is 8.39. The van der Waals surface area contributed by atoms with Gasteiger partial charge in [0.2, 0.25) is 0 Å². The second-order valence-electron chi connectivity index (χ2n) is 5.98. The molecule has 1 aromatic carbocycles. The fraction of sp³-hybridized carbons (Fsp3) is 0.263. The predicted octanol–water partition coefficient (Wildman–Crippen LogP) is 4.09. The van der Waals surface area contributed by atoms with Gasteiger partial charge in [-0.1, -0.05) is 0 Å². The monoisotopic (exact) mass is 391 g/mol. The molecule has 0 aliphatic rings. The molecule has 2 heterocycles. The SMILES string of the molecule is CCn1nccc1CN(C)C(=O)c1cc(COc2ccc(F)cc2F)cs1. The van der Waals surface area contributed by atoms with Gasteiger partial charge in [-0.05, 0) is 36.6 Å². The summed E-state index contributed by atoms with van der Waals surface area (Å²) in [5.41, 5.74) is 1.71. The number of hydrogen-bond acceptors (Lipinski definition) is 4. The lowest BCUT2D eigenvalue weighted by molar-refractivity contribution is 0.0786. The first-order valence-corrected chi connectivity index (χ1v) is 9.27. The third-order valence-corrected chi connectivity index (χ3v) is 4.97. The number of amides is 1. The Labute approximate surface area is 159 Å². The summed E-state index contributed by atoms with van der Waals surface area (Å²) in [6.45, 7) is 3.29. The molecule has 3 rings (SSSR count). The van der Waals surface area contributed by atoms with Crippen molar-refractivity contribution in [3.05, 3.63) is 69.7 Å². The van der Waals surface area contributed by atoms with E-state index >= 15 is 0 Å². The lowest BCUT2D eigenvalue weighted by atomic mass is 10.3. The van der Waals surface area contributed by atoms with E-state index in [-0.39, 0.29) is 18.3 Å². The zero-order valence-corrected chi connectivity index (χ0v) is 15.8. The quantitative estimate of drug-likeness (QED) is 0.609. The van der Waals surface area contributed by atoms with Crippen LogP contribution in [0, 0.1) is 11.6 Å². The number of carbonyl (C=O) groups is 1. The maximum atomic E-state index is 13.6. The summed E-state index contributed by atoms with van der Waals surface area (Å²) in [6.07, 6.45) is 1.71. The minimum absolute atomic E-state index is 0.0274. The van der Waals surface area contributed by atoms with Crippen molar-refractivity contribution in [3.63, 3.8) is 0 Å². The molecule has 0 atom stereocenters. The van der Waals surface area contributed by atoms with Gasteiger partial charge in [0.25, 0.3) is 5.91 Å². The molecule has 3 aromatic rings. The Bertz CT molecular complexity index is 939. The number of aryl methyl sites for hydroxylation is 1. The largest absolute Gasteiger partial charge is 0.486 e. The Balaban J connectivity index is 1.61. The highest BCUT2D eigenvalue weighted by Crippen LogP contribution is 2.22. The van der Waals surface area contributed by atoms with Crippen LogP contribution in [-0.4, -0.2) is 27.6 Å². The van der Waals surface area contributed by atoms with Crippen molar-refractivity contribution >= 4 is 17.2 Å². The molecule has 0 aliphatic carbocycles. The van der Waals surface area contributed by atoms with Crippen molar-refractivity contribution in [3.8, 4) is 5.75 Å². The lowest BCUT2D eigenvalue weighted by Crippen LogP contribution is -2.26. The van der Waals surface area contributed by atoms with Crippen molar-refractivity contribution in [1.82, 2.24) is 14.7 Å². The molecular weight excluding hydrogens is 372 g/mol. The summed E-state index contributed by atoms with van der Waals surface area (Å²) < 4.78 is 33.7. The highest BCUT2D eigenvalue weighted by Gasteiger charge is 2.16. The van der Waals surface area contributed by atoms with Crippen LogP contribution < -0.4 is 4.74 Å². The van der Waals surface area contributed by atoms with E-state index in [1.807, 2.05) is 17.7 Å². The van der Waals surface area contributed by atoms with Gasteiger partial charge in [0.05, 0.1) is 17.1 Å². The van der Waals surface area contributed by atoms with Gasteiger partial charge in [0.1, 0.15) is 12.4 Å². The topological polar surface area (TPSA) is 47.4 Å². The maximum Gasteiger partial charge on any atom is 0.264 e. The molecule has 142 valence electrons. The zero-order chi connectivity index (χ0) is 19.4. The first-order chi connectivity index (χ1) is 13.0. The number of thiophene rings is 1. The van der Waals surface area contributed by atoms with Gasteiger partial charge in [-0.25, -0.2) is 8.78 Å². The van der Waals surface area contributed by atoms with Gasteiger partial charge in [0.15, 0.2) is 11.6 Å². The number of halogens is 2. The second kappa shape index (κ2) is 8.30. The third kappa shape index (κ3) is 4.51. The molecule has 8 heteroatoms.